The van der Waals surface area contributed by atoms with Crippen LogP contribution in [-0.4, -0.2) is 43.5 Å². The van der Waals surface area contributed by atoms with Crippen molar-refractivity contribution in [3.8, 4) is 5.82 Å². The molecule has 3 aromatic heterocycles. The van der Waals surface area contributed by atoms with Crippen LogP contribution < -0.4 is 10.6 Å². The third-order valence-corrected chi connectivity index (χ3v) is 5.25. The van der Waals surface area contributed by atoms with E-state index >= 15 is 0 Å². The van der Waals surface area contributed by atoms with Crippen LogP contribution in [0.2, 0.25) is 0 Å². The van der Waals surface area contributed by atoms with Crippen LogP contribution in [-0.2, 0) is 0 Å². The molecule has 0 aliphatic carbocycles. The summed E-state index contributed by atoms with van der Waals surface area (Å²) >= 11 is 1.52. The summed E-state index contributed by atoms with van der Waals surface area (Å²) in [7, 11) is 0. The van der Waals surface area contributed by atoms with E-state index in [-0.39, 0.29) is 5.91 Å². The second-order valence-electron chi connectivity index (χ2n) is 6.26. The second kappa shape index (κ2) is 7.73. The van der Waals surface area contributed by atoms with E-state index in [2.05, 4.69) is 30.6 Å². The first kappa shape index (κ1) is 18.1. The van der Waals surface area contributed by atoms with Crippen molar-refractivity contribution in [2.45, 2.75) is 13.8 Å². The molecule has 0 saturated carbocycles. The number of nitrogens with zero attached hydrogens (tertiary/aromatic N) is 5. The lowest BCUT2D eigenvalue weighted by Crippen LogP contribution is -2.28. The maximum Gasteiger partial charge on any atom is 0.251 e. The van der Waals surface area contributed by atoms with E-state index < -0.39 is 0 Å². The molecule has 28 heavy (non-hydrogen) atoms. The Morgan fingerprint density at radius 2 is 2.00 bits per heavy atom. The minimum Gasteiger partial charge on any atom is -0.368 e. The second-order valence-corrected chi connectivity index (χ2v) is 7.15. The van der Waals surface area contributed by atoms with Gasteiger partial charge < -0.3 is 10.6 Å². The Bertz CT molecular complexity index is 1130. The van der Waals surface area contributed by atoms with Gasteiger partial charge in [0.25, 0.3) is 5.91 Å². The highest BCUT2D eigenvalue weighted by atomic mass is 32.1. The molecule has 0 atom stereocenters. The average Bonchev–Trinajstić information content (AvgIpc) is 3.31. The van der Waals surface area contributed by atoms with Gasteiger partial charge in [-0.3, -0.25) is 9.36 Å². The number of fused-ring (bicyclic) bond motifs is 1. The number of imidazole rings is 1. The molecule has 1 amide bonds. The first-order valence-corrected chi connectivity index (χ1v) is 9.68. The Morgan fingerprint density at radius 1 is 1.11 bits per heavy atom. The zero-order chi connectivity index (χ0) is 19.5. The fourth-order valence-corrected chi connectivity index (χ4v) is 3.49. The quantitative estimate of drug-likeness (QED) is 0.489. The number of aromatic nitrogens is 5. The summed E-state index contributed by atoms with van der Waals surface area (Å²) in [4.78, 5) is 29.4. The predicted molar refractivity (Wildman–Crippen MR) is 109 cm³/mol. The summed E-state index contributed by atoms with van der Waals surface area (Å²) in [5, 5.41) is 6.11. The van der Waals surface area contributed by atoms with Crippen molar-refractivity contribution < 1.29 is 4.79 Å². The van der Waals surface area contributed by atoms with Crippen LogP contribution >= 0.6 is 11.3 Å². The van der Waals surface area contributed by atoms with Gasteiger partial charge in [0.05, 0.1) is 21.4 Å². The van der Waals surface area contributed by atoms with E-state index in [1.54, 1.807) is 17.9 Å². The number of aryl methyl sites for hydroxylation is 1. The van der Waals surface area contributed by atoms with E-state index in [1.165, 1.54) is 17.7 Å². The largest absolute Gasteiger partial charge is 0.368 e. The normalized spacial score (nSPS) is 10.9. The lowest BCUT2D eigenvalue weighted by molar-refractivity contribution is 0.0955. The Hall–Kier alpha value is -3.33. The number of thiazole rings is 1. The number of nitrogens with one attached hydrogen (secondary N) is 2. The highest BCUT2D eigenvalue weighted by Crippen LogP contribution is 2.19. The molecule has 0 radical (unpaired) electrons. The van der Waals surface area contributed by atoms with Gasteiger partial charge in [-0.25, -0.2) is 19.9 Å². The molecule has 0 fully saturated rings. The maximum absolute atomic E-state index is 12.3. The molecule has 0 aliphatic heterocycles. The maximum atomic E-state index is 12.3. The van der Waals surface area contributed by atoms with Crippen molar-refractivity contribution in [2.24, 2.45) is 0 Å². The van der Waals surface area contributed by atoms with Gasteiger partial charge in [-0.2, -0.15) is 0 Å². The standard InChI is InChI=1S/C19H19N7OS/c1-12-13(2)26(10-24-12)18-8-17(22-9-23-18)20-5-6-21-19(27)14-3-4-15-16(7-14)28-11-25-15/h3-4,7-11H,5-6H2,1-2H3,(H,21,27)(H,20,22,23). The Labute approximate surface area is 165 Å². The Kier molecular flexibility index (Phi) is 4.98. The molecule has 8 nitrogen and oxygen atoms in total. The van der Waals surface area contributed by atoms with E-state index in [0.29, 0.717) is 24.5 Å². The molecule has 0 bridgehead atoms. The van der Waals surface area contributed by atoms with Crippen molar-refractivity contribution in [2.75, 3.05) is 18.4 Å². The number of carbonyl (C=O) groups is 1. The number of rotatable bonds is 6. The van der Waals surface area contributed by atoms with Crippen LogP contribution in [0.3, 0.4) is 0 Å². The summed E-state index contributed by atoms with van der Waals surface area (Å²) in [6.45, 7) is 4.98. The smallest absolute Gasteiger partial charge is 0.251 e. The number of anilines is 1. The monoisotopic (exact) mass is 393 g/mol. The van der Waals surface area contributed by atoms with E-state index in [1.807, 2.05) is 36.6 Å². The highest BCUT2D eigenvalue weighted by molar-refractivity contribution is 7.16. The van der Waals surface area contributed by atoms with Gasteiger partial charge >= 0.3 is 0 Å². The molecule has 0 aliphatic rings. The van der Waals surface area contributed by atoms with Crippen LogP contribution in [0.1, 0.15) is 21.7 Å². The molecule has 3 heterocycles. The Balaban J connectivity index is 1.33. The number of amides is 1. The van der Waals surface area contributed by atoms with Crippen LogP contribution in [0.4, 0.5) is 5.82 Å². The van der Waals surface area contributed by atoms with Crippen molar-refractivity contribution in [3.05, 3.63) is 59.4 Å². The number of benzene rings is 1. The molecule has 1 aromatic carbocycles. The summed E-state index contributed by atoms with van der Waals surface area (Å²) in [6.07, 6.45) is 3.26. The molecule has 0 spiro atoms. The topological polar surface area (TPSA) is 97.6 Å². The zero-order valence-corrected chi connectivity index (χ0v) is 16.3. The molecular weight excluding hydrogens is 374 g/mol. The van der Waals surface area contributed by atoms with Gasteiger partial charge in [0.2, 0.25) is 0 Å². The average molecular weight is 393 g/mol. The third kappa shape index (κ3) is 3.70. The van der Waals surface area contributed by atoms with Crippen LogP contribution in [0.25, 0.3) is 16.0 Å². The van der Waals surface area contributed by atoms with Crippen molar-refractivity contribution in [3.63, 3.8) is 0 Å². The van der Waals surface area contributed by atoms with Gasteiger partial charge in [0, 0.05) is 30.4 Å². The lowest BCUT2D eigenvalue weighted by Gasteiger charge is -2.09. The third-order valence-electron chi connectivity index (χ3n) is 4.46. The van der Waals surface area contributed by atoms with Gasteiger partial charge in [0.15, 0.2) is 0 Å². The van der Waals surface area contributed by atoms with Gasteiger partial charge in [-0.15, -0.1) is 11.3 Å². The molecule has 4 aromatic rings. The zero-order valence-electron chi connectivity index (χ0n) is 15.5. The molecule has 2 N–H and O–H groups in total. The first-order valence-electron chi connectivity index (χ1n) is 8.80. The first-order chi connectivity index (χ1) is 13.6. The van der Waals surface area contributed by atoms with Crippen molar-refractivity contribution in [1.29, 1.82) is 0 Å². The fraction of sp³-hybridized carbons (Fsp3) is 0.211. The van der Waals surface area contributed by atoms with E-state index in [4.69, 9.17) is 0 Å². The lowest BCUT2D eigenvalue weighted by atomic mass is 10.2. The van der Waals surface area contributed by atoms with Gasteiger partial charge in [0.1, 0.15) is 24.3 Å². The summed E-state index contributed by atoms with van der Waals surface area (Å²) in [6, 6.07) is 7.37. The predicted octanol–water partition coefficient (Wildman–Crippen LogP) is 2.73. The molecule has 0 saturated heterocycles. The van der Waals surface area contributed by atoms with E-state index in [9.17, 15) is 4.79 Å². The minimum absolute atomic E-state index is 0.106. The fourth-order valence-electron chi connectivity index (χ4n) is 2.77. The summed E-state index contributed by atoms with van der Waals surface area (Å²) < 4.78 is 2.92. The van der Waals surface area contributed by atoms with E-state index in [0.717, 1.165) is 27.4 Å². The van der Waals surface area contributed by atoms with Crippen LogP contribution in [0.5, 0.6) is 0 Å². The number of carbonyl (C=O) groups excluding carboxylic acids is 1. The highest BCUT2D eigenvalue weighted by Gasteiger charge is 2.08. The number of hydrogen-bond acceptors (Lipinski definition) is 7. The minimum atomic E-state index is -0.106. The summed E-state index contributed by atoms with van der Waals surface area (Å²) in [5.74, 6) is 1.33. The number of hydrogen-bond donors (Lipinski definition) is 2. The van der Waals surface area contributed by atoms with Crippen LogP contribution in [0, 0.1) is 13.8 Å². The van der Waals surface area contributed by atoms with Crippen LogP contribution in [0.15, 0.2) is 42.4 Å². The van der Waals surface area contributed by atoms with Gasteiger partial charge in [-0.1, -0.05) is 0 Å². The molecular formula is C19H19N7OS. The van der Waals surface area contributed by atoms with Crippen molar-refractivity contribution >= 4 is 33.3 Å². The molecule has 0 unspecified atom stereocenters. The molecule has 4 rings (SSSR count). The molecule has 142 valence electrons. The Morgan fingerprint density at radius 3 is 2.82 bits per heavy atom. The summed E-state index contributed by atoms with van der Waals surface area (Å²) in [5.41, 5.74) is 5.32. The molecule has 9 heteroatoms. The van der Waals surface area contributed by atoms with Gasteiger partial charge in [-0.05, 0) is 32.0 Å². The van der Waals surface area contributed by atoms with Crippen molar-refractivity contribution in [1.82, 2.24) is 29.8 Å². The SMILES string of the molecule is Cc1ncn(-c2cc(NCCNC(=O)c3ccc4ncsc4c3)ncn2)c1C.